The summed E-state index contributed by atoms with van der Waals surface area (Å²) in [5.41, 5.74) is 0. The Hall–Kier alpha value is -1.62. The van der Waals surface area contributed by atoms with Crippen molar-refractivity contribution in [3.63, 3.8) is 0 Å². The van der Waals surface area contributed by atoms with Gasteiger partial charge in [-0.15, -0.1) is 12.1 Å². The topological polar surface area (TPSA) is 0 Å². The standard InChI is InChI=1S/C17H14ClP.C5H5.Fe/c18-19(17-13-7-8-14-17,15-9-3-1-4-10-15)16-11-5-2-6-12-16;1-2-4-5-3-1;/h1-14H;1-5H;/q;-5;. The van der Waals surface area contributed by atoms with E-state index in [0.717, 1.165) is 0 Å². The number of halogens is 1. The van der Waals surface area contributed by atoms with Crippen molar-refractivity contribution in [1.82, 2.24) is 0 Å². The molecule has 0 fully saturated rings. The Bertz CT molecular complexity index is 752. The fourth-order valence-electron chi connectivity index (χ4n) is 2.60. The summed E-state index contributed by atoms with van der Waals surface area (Å²) in [6.07, 6.45) is 0. The zero-order chi connectivity index (χ0) is 16.7. The van der Waals surface area contributed by atoms with Gasteiger partial charge in [0.05, 0.1) is 11.2 Å². The van der Waals surface area contributed by atoms with Crippen molar-refractivity contribution in [2.75, 3.05) is 0 Å². The van der Waals surface area contributed by atoms with E-state index in [4.69, 9.17) is 11.2 Å². The molecule has 132 valence electrons. The first kappa shape index (κ1) is 19.7. The molecule has 0 aromatic heterocycles. The van der Waals surface area contributed by atoms with E-state index < -0.39 is 6.62 Å². The second-order valence-corrected chi connectivity index (χ2v) is 9.61. The smallest absolute Gasteiger partial charge is 0.162 e. The van der Waals surface area contributed by atoms with Crippen molar-refractivity contribution >= 4 is 33.8 Å². The molecule has 4 aromatic rings. The maximum absolute atomic E-state index is 7.17. The summed E-state index contributed by atoms with van der Waals surface area (Å²) in [5, 5.41) is 3.62. The third-order valence-corrected chi connectivity index (χ3v) is 8.57. The van der Waals surface area contributed by atoms with Crippen molar-refractivity contribution in [1.29, 1.82) is 0 Å². The Morgan fingerprint density at radius 1 is 0.600 bits per heavy atom. The van der Waals surface area contributed by atoms with Gasteiger partial charge < -0.3 is 30.3 Å². The van der Waals surface area contributed by atoms with Crippen LogP contribution in [-0.2, 0) is 17.1 Å². The van der Waals surface area contributed by atoms with Crippen molar-refractivity contribution in [2.24, 2.45) is 0 Å². The number of benzene rings is 2. The summed E-state index contributed by atoms with van der Waals surface area (Å²) in [5.74, 6) is 0. The van der Waals surface area contributed by atoms with E-state index in [9.17, 15) is 0 Å². The molecule has 0 radical (unpaired) electrons. The zero-order valence-corrected chi connectivity index (χ0v) is 16.4. The van der Waals surface area contributed by atoms with Crippen LogP contribution in [0.5, 0.6) is 0 Å². The molecule has 0 heterocycles. The quantitative estimate of drug-likeness (QED) is 0.248. The molecular formula is C22H19ClFeP-5. The van der Waals surface area contributed by atoms with Crippen molar-refractivity contribution in [3.8, 4) is 0 Å². The van der Waals surface area contributed by atoms with Crippen LogP contribution in [0.2, 0.25) is 0 Å². The van der Waals surface area contributed by atoms with Crippen LogP contribution in [0.1, 0.15) is 0 Å². The molecule has 0 aliphatic rings. The fraction of sp³-hybridized carbons (Fsp3) is 0. The first-order valence-electron chi connectivity index (χ1n) is 7.91. The van der Waals surface area contributed by atoms with Gasteiger partial charge in [0.15, 0.2) is 6.62 Å². The van der Waals surface area contributed by atoms with Crippen molar-refractivity contribution in [3.05, 3.63) is 115 Å². The molecule has 0 amide bonds. The van der Waals surface area contributed by atoms with Crippen LogP contribution in [0, 0.1) is 0 Å². The van der Waals surface area contributed by atoms with Crippen molar-refractivity contribution in [2.45, 2.75) is 0 Å². The SMILES string of the molecule is Cl[P+](c1ccccc1)(c1ccccc1)[c-]1cccc1.[Fe].[cH-]1[cH-][cH-][cH-][cH-]1. The molecule has 0 aliphatic heterocycles. The minimum Gasteiger partial charge on any atom is -0.748 e. The summed E-state index contributed by atoms with van der Waals surface area (Å²) in [6, 6.07) is 39.1. The summed E-state index contributed by atoms with van der Waals surface area (Å²) >= 11 is 7.17. The molecule has 4 aromatic carbocycles. The number of hydrogen-bond donors (Lipinski definition) is 0. The Labute approximate surface area is 165 Å². The van der Waals surface area contributed by atoms with E-state index in [-0.39, 0.29) is 17.1 Å². The molecule has 0 spiro atoms. The van der Waals surface area contributed by atoms with Gasteiger partial charge in [-0.05, 0) is 24.3 Å². The van der Waals surface area contributed by atoms with Crippen LogP contribution < -0.4 is 15.9 Å². The maximum atomic E-state index is 7.17. The van der Waals surface area contributed by atoms with Crippen LogP contribution >= 0.6 is 17.9 Å². The van der Waals surface area contributed by atoms with Gasteiger partial charge in [-0.1, -0.05) is 36.4 Å². The van der Waals surface area contributed by atoms with Gasteiger partial charge in [0, 0.05) is 22.4 Å². The molecule has 0 saturated heterocycles. The third-order valence-electron chi connectivity index (χ3n) is 3.78. The van der Waals surface area contributed by atoms with E-state index in [1.165, 1.54) is 15.9 Å². The Balaban J connectivity index is 0.000000325. The van der Waals surface area contributed by atoms with Crippen LogP contribution in [0.15, 0.2) is 115 Å². The van der Waals surface area contributed by atoms with Crippen LogP contribution in [0.3, 0.4) is 0 Å². The molecule has 0 aliphatic carbocycles. The van der Waals surface area contributed by atoms with E-state index in [1.807, 2.05) is 42.5 Å². The summed E-state index contributed by atoms with van der Waals surface area (Å²) in [7, 11) is 0. The fourth-order valence-corrected chi connectivity index (χ4v) is 6.26. The third kappa shape index (κ3) is 4.72. The normalized spacial score (nSPS) is 10.3. The second-order valence-electron chi connectivity index (χ2n) is 5.37. The summed E-state index contributed by atoms with van der Waals surface area (Å²) < 4.78 is 0. The molecule has 4 rings (SSSR count). The predicted octanol–water partition coefficient (Wildman–Crippen LogP) is 5.26. The average molecular weight is 406 g/mol. The molecule has 0 atom stereocenters. The largest absolute Gasteiger partial charge is 0.748 e. The Morgan fingerprint density at radius 3 is 1.32 bits per heavy atom. The van der Waals surface area contributed by atoms with Crippen LogP contribution in [0.25, 0.3) is 0 Å². The molecule has 0 unspecified atom stereocenters. The summed E-state index contributed by atoms with van der Waals surface area (Å²) in [6.45, 7) is -2.01. The van der Waals surface area contributed by atoms with Crippen LogP contribution in [0.4, 0.5) is 0 Å². The van der Waals surface area contributed by atoms with Gasteiger partial charge in [0.25, 0.3) is 0 Å². The molecule has 0 bridgehead atoms. The number of hydrogen-bond acceptors (Lipinski definition) is 0. The van der Waals surface area contributed by atoms with Gasteiger partial charge in [0.1, 0.15) is 10.6 Å². The minimum atomic E-state index is -2.01. The minimum absolute atomic E-state index is 0. The zero-order valence-electron chi connectivity index (χ0n) is 13.6. The van der Waals surface area contributed by atoms with Gasteiger partial charge in [-0.2, -0.15) is 0 Å². The molecule has 0 N–H and O–H groups in total. The van der Waals surface area contributed by atoms with Crippen LogP contribution in [-0.4, -0.2) is 0 Å². The van der Waals surface area contributed by atoms with Gasteiger partial charge in [-0.25, -0.2) is 12.1 Å². The average Bonchev–Trinajstić information content (AvgIpc) is 3.38. The second kappa shape index (κ2) is 9.76. The van der Waals surface area contributed by atoms with E-state index in [2.05, 4.69) is 72.8 Å². The molecule has 0 nitrogen and oxygen atoms in total. The Kier molecular flexibility index (Phi) is 7.69. The first-order valence-corrected chi connectivity index (χ1v) is 10.6. The maximum Gasteiger partial charge on any atom is 0.162 e. The van der Waals surface area contributed by atoms with Gasteiger partial charge >= 0.3 is 0 Å². The molecule has 0 saturated carbocycles. The number of rotatable bonds is 3. The molecule has 3 heteroatoms. The summed E-state index contributed by atoms with van der Waals surface area (Å²) in [4.78, 5) is 0. The first-order chi connectivity index (χ1) is 11.8. The van der Waals surface area contributed by atoms with E-state index in [0.29, 0.717) is 0 Å². The van der Waals surface area contributed by atoms with Gasteiger partial charge in [0.2, 0.25) is 0 Å². The van der Waals surface area contributed by atoms with Crippen molar-refractivity contribution < 1.29 is 17.1 Å². The Morgan fingerprint density at radius 2 is 0.960 bits per heavy atom. The van der Waals surface area contributed by atoms with Gasteiger partial charge in [-0.3, -0.25) is 0 Å². The molecule has 25 heavy (non-hydrogen) atoms. The van der Waals surface area contributed by atoms with E-state index in [1.54, 1.807) is 0 Å². The predicted molar refractivity (Wildman–Crippen MR) is 109 cm³/mol. The monoisotopic (exact) mass is 405 g/mol. The molecular weight excluding hydrogens is 387 g/mol. The van der Waals surface area contributed by atoms with E-state index >= 15 is 0 Å².